The van der Waals surface area contributed by atoms with Crippen LogP contribution in [0.4, 0.5) is 18.9 Å². The summed E-state index contributed by atoms with van der Waals surface area (Å²) in [5, 5.41) is 4.24. The molecule has 3 rings (SSSR count). The first-order valence-electron chi connectivity index (χ1n) is 8.18. The molecule has 1 aromatic carbocycles. The van der Waals surface area contributed by atoms with Crippen LogP contribution in [0.25, 0.3) is 11.1 Å². The van der Waals surface area contributed by atoms with Crippen LogP contribution in [0.1, 0.15) is 47.1 Å². The van der Waals surface area contributed by atoms with Crippen LogP contribution in [0.15, 0.2) is 34.9 Å². The molecule has 0 unspecified atom stereocenters. The monoisotopic (exact) mass is 378 g/mol. The van der Waals surface area contributed by atoms with Gasteiger partial charge in [-0.2, -0.15) is 13.2 Å². The lowest BCUT2D eigenvalue weighted by Gasteiger charge is -2.15. The van der Waals surface area contributed by atoms with Gasteiger partial charge in [-0.05, 0) is 31.0 Å². The molecule has 0 radical (unpaired) electrons. The zero-order valence-corrected chi connectivity index (χ0v) is 14.8. The number of carbonyl (C=O) groups is 1. The average molecular weight is 378 g/mol. The van der Waals surface area contributed by atoms with Crippen molar-refractivity contribution in [2.75, 3.05) is 5.43 Å². The molecular formula is C18H17F3N4O2. The summed E-state index contributed by atoms with van der Waals surface area (Å²) in [5.41, 5.74) is 5.04. The minimum Gasteiger partial charge on any atom is -0.336 e. The third-order valence-corrected chi connectivity index (χ3v) is 4.02. The van der Waals surface area contributed by atoms with Crippen LogP contribution in [0.5, 0.6) is 0 Å². The van der Waals surface area contributed by atoms with Crippen LogP contribution < -0.4 is 10.9 Å². The van der Waals surface area contributed by atoms with E-state index in [9.17, 15) is 18.0 Å². The molecule has 0 saturated heterocycles. The van der Waals surface area contributed by atoms with Gasteiger partial charge in [0.1, 0.15) is 0 Å². The van der Waals surface area contributed by atoms with E-state index in [0.717, 1.165) is 6.07 Å². The first-order chi connectivity index (χ1) is 12.7. The van der Waals surface area contributed by atoms with E-state index in [4.69, 9.17) is 4.52 Å². The number of fused-ring (bicyclic) bond motifs is 1. The van der Waals surface area contributed by atoms with Gasteiger partial charge in [-0.15, -0.1) is 0 Å². The van der Waals surface area contributed by atoms with Crippen LogP contribution in [0, 0.1) is 6.92 Å². The Morgan fingerprint density at radius 1 is 1.22 bits per heavy atom. The maximum absolute atomic E-state index is 13.1. The number of aromatic nitrogens is 2. The summed E-state index contributed by atoms with van der Waals surface area (Å²) in [4.78, 5) is 17.0. The highest BCUT2D eigenvalue weighted by Crippen LogP contribution is 2.34. The molecule has 0 atom stereocenters. The lowest BCUT2D eigenvalue weighted by atomic mass is 10.0. The van der Waals surface area contributed by atoms with Gasteiger partial charge < -0.3 is 4.52 Å². The number of alkyl halides is 3. The number of hydrogen-bond acceptors (Lipinski definition) is 5. The van der Waals surface area contributed by atoms with E-state index in [1.807, 2.05) is 13.8 Å². The molecule has 0 bridgehead atoms. The van der Waals surface area contributed by atoms with Gasteiger partial charge in [0.2, 0.25) is 0 Å². The zero-order valence-electron chi connectivity index (χ0n) is 14.8. The summed E-state index contributed by atoms with van der Waals surface area (Å²) in [6, 6.07) is 6.46. The number of halogens is 3. The number of pyridine rings is 1. The molecule has 0 fully saturated rings. The fourth-order valence-electron chi connectivity index (χ4n) is 2.62. The minimum atomic E-state index is -4.55. The van der Waals surface area contributed by atoms with Crippen molar-refractivity contribution < 1.29 is 22.5 Å². The van der Waals surface area contributed by atoms with Gasteiger partial charge in [0, 0.05) is 5.69 Å². The second-order valence-corrected chi connectivity index (χ2v) is 6.32. The number of amides is 1. The highest BCUT2D eigenvalue weighted by molar-refractivity contribution is 6.06. The second-order valence-electron chi connectivity index (χ2n) is 6.32. The Bertz CT molecular complexity index is 996. The number of hydrazine groups is 1. The Morgan fingerprint density at radius 2 is 1.93 bits per heavy atom. The molecule has 2 aromatic heterocycles. The highest BCUT2D eigenvalue weighted by Gasteiger charge is 2.33. The molecule has 0 aliphatic rings. The molecule has 0 saturated carbocycles. The zero-order chi connectivity index (χ0) is 19.8. The quantitative estimate of drug-likeness (QED) is 0.657. The number of nitrogens with one attached hydrogen (secondary N) is 2. The summed E-state index contributed by atoms with van der Waals surface area (Å²) >= 11 is 0. The summed E-state index contributed by atoms with van der Waals surface area (Å²) < 4.78 is 44.4. The third-order valence-electron chi connectivity index (χ3n) is 4.02. The van der Waals surface area contributed by atoms with E-state index >= 15 is 0 Å². The van der Waals surface area contributed by atoms with Crippen molar-refractivity contribution in [2.45, 2.75) is 32.9 Å². The van der Waals surface area contributed by atoms with Crippen LogP contribution in [0.3, 0.4) is 0 Å². The van der Waals surface area contributed by atoms with Crippen LogP contribution >= 0.6 is 0 Å². The van der Waals surface area contributed by atoms with Crippen molar-refractivity contribution in [3.05, 3.63) is 52.8 Å². The Morgan fingerprint density at radius 3 is 2.59 bits per heavy atom. The van der Waals surface area contributed by atoms with Gasteiger partial charge in [0.05, 0.1) is 27.9 Å². The molecule has 142 valence electrons. The molecule has 2 N–H and O–H groups in total. The molecular weight excluding hydrogens is 361 g/mol. The Balaban J connectivity index is 1.93. The minimum absolute atomic E-state index is 0.0188. The van der Waals surface area contributed by atoms with Gasteiger partial charge in [-0.1, -0.05) is 31.1 Å². The average Bonchev–Trinajstić information content (AvgIpc) is 2.99. The topological polar surface area (TPSA) is 80.0 Å². The number of hydrogen-bond donors (Lipinski definition) is 2. The largest absolute Gasteiger partial charge is 0.418 e. The van der Waals surface area contributed by atoms with Gasteiger partial charge in [0.25, 0.3) is 11.6 Å². The van der Waals surface area contributed by atoms with Gasteiger partial charge in [-0.3, -0.25) is 15.6 Å². The van der Waals surface area contributed by atoms with Crippen molar-refractivity contribution >= 4 is 22.7 Å². The Kier molecular flexibility index (Phi) is 4.77. The molecule has 0 aliphatic carbocycles. The standard InChI is InChI=1S/C18H17F3N4O2/c1-9(2)14-8-11(15-10(3)25-27-17(15)22-14)16(26)24-23-13-7-5-4-6-12(13)18(19,20)21/h4-9,23H,1-3H3,(H,24,26). The van der Waals surface area contributed by atoms with E-state index in [0.29, 0.717) is 16.8 Å². The first kappa shape index (κ1) is 18.7. The van der Waals surface area contributed by atoms with Crippen molar-refractivity contribution in [3.63, 3.8) is 0 Å². The number of aryl methyl sites for hydroxylation is 1. The second kappa shape index (κ2) is 6.90. The lowest BCUT2D eigenvalue weighted by Crippen LogP contribution is -2.31. The van der Waals surface area contributed by atoms with Gasteiger partial charge in [-0.25, -0.2) is 4.98 Å². The molecule has 0 aliphatic heterocycles. The fraction of sp³-hybridized carbons (Fsp3) is 0.278. The predicted octanol–water partition coefficient (Wildman–Crippen LogP) is 4.43. The summed E-state index contributed by atoms with van der Waals surface area (Å²) in [5.74, 6) is -0.599. The maximum Gasteiger partial charge on any atom is 0.418 e. The van der Waals surface area contributed by atoms with Crippen molar-refractivity contribution in [2.24, 2.45) is 0 Å². The maximum atomic E-state index is 13.1. The first-order valence-corrected chi connectivity index (χ1v) is 8.18. The normalized spacial score (nSPS) is 11.8. The number of para-hydroxylation sites is 1. The molecule has 27 heavy (non-hydrogen) atoms. The molecule has 9 heteroatoms. The fourth-order valence-corrected chi connectivity index (χ4v) is 2.62. The smallest absolute Gasteiger partial charge is 0.336 e. The number of carbonyl (C=O) groups excluding carboxylic acids is 1. The Labute approximate surface area is 152 Å². The van der Waals surface area contributed by atoms with Gasteiger partial charge in [0.15, 0.2) is 0 Å². The summed E-state index contributed by atoms with van der Waals surface area (Å²) in [6.07, 6.45) is -4.55. The molecule has 0 spiro atoms. The van der Waals surface area contributed by atoms with E-state index in [1.165, 1.54) is 18.2 Å². The number of rotatable bonds is 4. The van der Waals surface area contributed by atoms with E-state index < -0.39 is 17.6 Å². The number of nitrogens with zero attached hydrogens (tertiary/aromatic N) is 2. The van der Waals surface area contributed by atoms with E-state index in [1.54, 1.807) is 13.0 Å². The van der Waals surface area contributed by atoms with Crippen LogP contribution in [0.2, 0.25) is 0 Å². The predicted molar refractivity (Wildman–Crippen MR) is 93.2 cm³/mol. The van der Waals surface area contributed by atoms with Crippen molar-refractivity contribution in [3.8, 4) is 0 Å². The van der Waals surface area contributed by atoms with Crippen molar-refractivity contribution in [1.29, 1.82) is 0 Å². The molecule has 3 aromatic rings. The Hall–Kier alpha value is -3.10. The van der Waals surface area contributed by atoms with E-state index in [2.05, 4.69) is 21.0 Å². The van der Waals surface area contributed by atoms with Crippen molar-refractivity contribution in [1.82, 2.24) is 15.6 Å². The van der Waals surface area contributed by atoms with Crippen LogP contribution in [-0.4, -0.2) is 16.0 Å². The number of benzene rings is 1. The molecule has 6 nitrogen and oxygen atoms in total. The lowest BCUT2D eigenvalue weighted by molar-refractivity contribution is -0.137. The molecule has 2 heterocycles. The van der Waals surface area contributed by atoms with Crippen LogP contribution in [-0.2, 0) is 6.18 Å². The summed E-state index contributed by atoms with van der Waals surface area (Å²) in [7, 11) is 0. The highest BCUT2D eigenvalue weighted by atomic mass is 19.4. The third kappa shape index (κ3) is 3.71. The SMILES string of the molecule is Cc1noc2nc(C(C)C)cc(C(=O)NNc3ccccc3C(F)(F)F)c12. The van der Waals surface area contributed by atoms with Gasteiger partial charge >= 0.3 is 6.18 Å². The summed E-state index contributed by atoms with van der Waals surface area (Å²) in [6.45, 7) is 5.46. The van der Waals surface area contributed by atoms with E-state index in [-0.39, 0.29) is 22.9 Å². The number of anilines is 1. The molecule has 1 amide bonds.